The van der Waals surface area contributed by atoms with Crippen LogP contribution in [0.5, 0.6) is 5.75 Å². The van der Waals surface area contributed by atoms with Crippen molar-refractivity contribution in [3.8, 4) is 5.75 Å². The van der Waals surface area contributed by atoms with Crippen LogP contribution in [0.15, 0.2) is 24.3 Å². The molecule has 0 bridgehead atoms. The van der Waals surface area contributed by atoms with Crippen LogP contribution in [0.3, 0.4) is 0 Å². The third-order valence-electron chi connectivity index (χ3n) is 5.29. The SMILES string of the molecule is COc1ccc(C2CCCN2C(=O)CN2CCCC(CO)C2)cc1. The molecule has 1 amide bonds. The van der Waals surface area contributed by atoms with Crippen LogP contribution >= 0.6 is 0 Å². The number of methoxy groups -OCH3 is 1. The standard InChI is InChI=1S/C19H28N2O3/c1-24-17-8-6-16(7-9-17)18-5-3-11-21(18)19(23)13-20-10-2-4-15(12-20)14-22/h6-9,15,18,22H,2-5,10-14H2,1H3. The average molecular weight is 332 g/mol. The third-order valence-corrected chi connectivity index (χ3v) is 5.29. The van der Waals surface area contributed by atoms with Gasteiger partial charge in [0.2, 0.25) is 5.91 Å². The molecule has 2 aliphatic heterocycles. The van der Waals surface area contributed by atoms with Crippen molar-refractivity contribution in [1.82, 2.24) is 9.80 Å². The van der Waals surface area contributed by atoms with Gasteiger partial charge < -0.3 is 14.7 Å². The highest BCUT2D eigenvalue weighted by atomic mass is 16.5. The van der Waals surface area contributed by atoms with E-state index in [0.717, 1.165) is 51.1 Å². The molecular weight excluding hydrogens is 304 g/mol. The van der Waals surface area contributed by atoms with Crippen molar-refractivity contribution in [1.29, 1.82) is 0 Å². The summed E-state index contributed by atoms with van der Waals surface area (Å²) in [7, 11) is 1.67. The lowest BCUT2D eigenvalue weighted by Crippen LogP contribution is -2.44. The maximum atomic E-state index is 12.8. The Kier molecular flexibility index (Phi) is 5.74. The lowest BCUT2D eigenvalue weighted by atomic mass is 9.99. The molecule has 2 fully saturated rings. The molecule has 1 N–H and O–H groups in total. The Balaban J connectivity index is 1.62. The van der Waals surface area contributed by atoms with Crippen molar-refractivity contribution in [3.05, 3.63) is 29.8 Å². The minimum atomic E-state index is 0.182. The van der Waals surface area contributed by atoms with Gasteiger partial charge in [0, 0.05) is 19.7 Å². The normalized spacial score (nSPS) is 25.0. The van der Waals surface area contributed by atoms with Crippen LogP contribution in [0.25, 0.3) is 0 Å². The van der Waals surface area contributed by atoms with Gasteiger partial charge in [-0.05, 0) is 55.8 Å². The molecule has 1 aromatic carbocycles. The van der Waals surface area contributed by atoms with Gasteiger partial charge in [-0.25, -0.2) is 0 Å². The number of hydrogen-bond donors (Lipinski definition) is 1. The molecule has 5 heteroatoms. The van der Waals surface area contributed by atoms with E-state index in [9.17, 15) is 9.90 Å². The molecule has 132 valence electrons. The number of piperidine rings is 1. The van der Waals surface area contributed by atoms with Crippen LogP contribution in [0.2, 0.25) is 0 Å². The summed E-state index contributed by atoms with van der Waals surface area (Å²) < 4.78 is 5.22. The molecular formula is C19H28N2O3. The highest BCUT2D eigenvalue weighted by Gasteiger charge is 2.31. The van der Waals surface area contributed by atoms with Crippen LogP contribution < -0.4 is 4.74 Å². The predicted molar refractivity (Wildman–Crippen MR) is 92.9 cm³/mol. The molecule has 0 aliphatic carbocycles. The van der Waals surface area contributed by atoms with Gasteiger partial charge in [0.1, 0.15) is 5.75 Å². The Bertz CT molecular complexity index is 546. The molecule has 2 aliphatic rings. The van der Waals surface area contributed by atoms with E-state index in [1.54, 1.807) is 7.11 Å². The van der Waals surface area contributed by atoms with E-state index in [1.165, 1.54) is 5.56 Å². The van der Waals surface area contributed by atoms with Crippen LogP contribution in [-0.4, -0.2) is 60.7 Å². The average Bonchev–Trinajstić information content (AvgIpc) is 3.12. The molecule has 2 atom stereocenters. The zero-order valence-electron chi connectivity index (χ0n) is 14.5. The quantitative estimate of drug-likeness (QED) is 0.897. The predicted octanol–water partition coefficient (Wildman–Crippen LogP) is 2.06. The van der Waals surface area contributed by atoms with Crippen molar-refractivity contribution in [2.75, 3.05) is 39.9 Å². The molecule has 5 nitrogen and oxygen atoms in total. The van der Waals surface area contributed by atoms with Crippen LogP contribution in [0.1, 0.15) is 37.3 Å². The zero-order chi connectivity index (χ0) is 16.9. The summed E-state index contributed by atoms with van der Waals surface area (Å²) in [6.07, 6.45) is 4.22. The van der Waals surface area contributed by atoms with E-state index in [2.05, 4.69) is 17.0 Å². The fourth-order valence-corrected chi connectivity index (χ4v) is 3.96. The molecule has 0 radical (unpaired) electrons. The first-order valence-electron chi connectivity index (χ1n) is 8.98. The Morgan fingerprint density at radius 3 is 2.67 bits per heavy atom. The first kappa shape index (κ1) is 17.2. The number of aliphatic hydroxyl groups excluding tert-OH is 1. The van der Waals surface area contributed by atoms with E-state index < -0.39 is 0 Å². The number of carbonyl (C=O) groups excluding carboxylic acids is 1. The van der Waals surface area contributed by atoms with Crippen molar-refractivity contribution in [3.63, 3.8) is 0 Å². The second-order valence-electron chi connectivity index (χ2n) is 6.94. The van der Waals surface area contributed by atoms with E-state index >= 15 is 0 Å². The number of hydrogen-bond acceptors (Lipinski definition) is 4. The highest BCUT2D eigenvalue weighted by Crippen LogP contribution is 2.33. The minimum Gasteiger partial charge on any atom is -0.497 e. The Labute approximate surface area is 144 Å². The van der Waals surface area contributed by atoms with Gasteiger partial charge in [0.05, 0.1) is 19.7 Å². The van der Waals surface area contributed by atoms with E-state index in [-0.39, 0.29) is 18.6 Å². The lowest BCUT2D eigenvalue weighted by molar-refractivity contribution is -0.133. The second kappa shape index (κ2) is 7.99. The molecule has 2 saturated heterocycles. The van der Waals surface area contributed by atoms with Crippen molar-refractivity contribution in [2.24, 2.45) is 5.92 Å². The molecule has 2 heterocycles. The molecule has 3 rings (SSSR count). The van der Waals surface area contributed by atoms with E-state index in [0.29, 0.717) is 12.5 Å². The number of rotatable bonds is 5. The summed E-state index contributed by atoms with van der Waals surface area (Å²) in [5.41, 5.74) is 1.19. The lowest BCUT2D eigenvalue weighted by Gasteiger charge is -2.33. The number of nitrogens with zero attached hydrogens (tertiary/aromatic N) is 2. The summed E-state index contributed by atoms with van der Waals surface area (Å²) in [6.45, 7) is 3.34. The topological polar surface area (TPSA) is 53.0 Å². The van der Waals surface area contributed by atoms with E-state index in [1.807, 2.05) is 17.0 Å². The first-order chi connectivity index (χ1) is 11.7. The van der Waals surface area contributed by atoms with Gasteiger partial charge in [-0.2, -0.15) is 0 Å². The Hall–Kier alpha value is -1.59. The summed E-state index contributed by atoms with van der Waals surface area (Å²) in [5, 5.41) is 9.36. The Morgan fingerprint density at radius 2 is 1.96 bits per heavy atom. The largest absolute Gasteiger partial charge is 0.497 e. The molecule has 0 saturated carbocycles. The number of ether oxygens (including phenoxy) is 1. The van der Waals surface area contributed by atoms with Gasteiger partial charge in [0.25, 0.3) is 0 Å². The van der Waals surface area contributed by atoms with Crippen molar-refractivity contribution >= 4 is 5.91 Å². The molecule has 2 unspecified atom stereocenters. The maximum absolute atomic E-state index is 12.8. The summed E-state index contributed by atoms with van der Waals surface area (Å²) in [6, 6.07) is 8.25. The first-order valence-corrected chi connectivity index (χ1v) is 8.98. The maximum Gasteiger partial charge on any atom is 0.237 e. The van der Waals surface area contributed by atoms with Gasteiger partial charge in [0.15, 0.2) is 0 Å². The molecule has 24 heavy (non-hydrogen) atoms. The summed E-state index contributed by atoms with van der Waals surface area (Å²) in [5.74, 6) is 1.38. The molecule has 1 aromatic rings. The number of likely N-dealkylation sites (tertiary alicyclic amines) is 2. The fourth-order valence-electron chi connectivity index (χ4n) is 3.96. The van der Waals surface area contributed by atoms with Crippen molar-refractivity contribution < 1.29 is 14.6 Å². The fraction of sp³-hybridized carbons (Fsp3) is 0.632. The number of carbonyl (C=O) groups is 1. The summed E-state index contributed by atoms with van der Waals surface area (Å²) >= 11 is 0. The number of aliphatic hydroxyl groups is 1. The van der Waals surface area contributed by atoms with E-state index in [4.69, 9.17) is 4.74 Å². The zero-order valence-corrected chi connectivity index (χ0v) is 14.5. The summed E-state index contributed by atoms with van der Waals surface area (Å²) in [4.78, 5) is 17.0. The minimum absolute atomic E-state index is 0.182. The van der Waals surface area contributed by atoms with Crippen LogP contribution in [-0.2, 0) is 4.79 Å². The van der Waals surface area contributed by atoms with Crippen LogP contribution in [0.4, 0.5) is 0 Å². The third kappa shape index (κ3) is 3.90. The Morgan fingerprint density at radius 1 is 1.21 bits per heavy atom. The second-order valence-corrected chi connectivity index (χ2v) is 6.94. The number of amides is 1. The van der Waals surface area contributed by atoms with Crippen molar-refractivity contribution in [2.45, 2.75) is 31.7 Å². The molecule has 0 spiro atoms. The van der Waals surface area contributed by atoms with Gasteiger partial charge in [-0.15, -0.1) is 0 Å². The highest BCUT2D eigenvalue weighted by molar-refractivity contribution is 5.79. The van der Waals surface area contributed by atoms with Gasteiger partial charge in [-0.1, -0.05) is 12.1 Å². The van der Waals surface area contributed by atoms with Gasteiger partial charge in [-0.3, -0.25) is 9.69 Å². The van der Waals surface area contributed by atoms with Gasteiger partial charge >= 0.3 is 0 Å². The smallest absolute Gasteiger partial charge is 0.237 e. The number of benzene rings is 1. The monoisotopic (exact) mass is 332 g/mol. The van der Waals surface area contributed by atoms with Crippen LogP contribution in [0, 0.1) is 5.92 Å². The molecule has 0 aromatic heterocycles.